The smallest absolute Gasteiger partial charge is 0.304 e. The average molecular weight is 217 g/mol. The van der Waals surface area contributed by atoms with Crippen molar-refractivity contribution < 1.29 is 14.6 Å². The Morgan fingerprint density at radius 1 is 1.47 bits per heavy atom. The highest BCUT2D eigenvalue weighted by Gasteiger charge is 2.20. The minimum Gasteiger partial charge on any atom is -0.481 e. The Labute approximate surface area is 92.2 Å². The van der Waals surface area contributed by atoms with Gasteiger partial charge in [0, 0.05) is 19.7 Å². The van der Waals surface area contributed by atoms with Crippen molar-refractivity contribution in [2.75, 3.05) is 26.8 Å². The molecule has 4 heteroatoms. The summed E-state index contributed by atoms with van der Waals surface area (Å²) in [5, 5.41) is 8.65. The molecule has 0 heterocycles. The van der Waals surface area contributed by atoms with E-state index in [0.717, 1.165) is 6.54 Å². The van der Waals surface area contributed by atoms with Crippen LogP contribution in [0.1, 0.15) is 27.2 Å². The third kappa shape index (κ3) is 5.74. The van der Waals surface area contributed by atoms with Crippen LogP contribution in [0.15, 0.2) is 0 Å². The zero-order chi connectivity index (χ0) is 11.8. The Hall–Kier alpha value is -0.610. The van der Waals surface area contributed by atoms with Crippen LogP contribution < -0.4 is 0 Å². The predicted octanol–water partition coefficient (Wildman–Crippen LogP) is 1.45. The second-order valence-corrected chi connectivity index (χ2v) is 4.04. The van der Waals surface area contributed by atoms with Crippen molar-refractivity contribution in [3.05, 3.63) is 0 Å². The zero-order valence-electron chi connectivity index (χ0n) is 10.2. The monoisotopic (exact) mass is 217 g/mol. The second kappa shape index (κ2) is 7.65. The largest absolute Gasteiger partial charge is 0.481 e. The van der Waals surface area contributed by atoms with E-state index in [4.69, 9.17) is 9.84 Å². The molecule has 0 rings (SSSR count). The van der Waals surface area contributed by atoms with Crippen molar-refractivity contribution in [2.24, 2.45) is 5.92 Å². The molecule has 4 nitrogen and oxygen atoms in total. The first-order valence-electron chi connectivity index (χ1n) is 5.47. The SMILES string of the molecule is CCN(CCC(=O)O)C(COC)C(C)C. The zero-order valence-corrected chi connectivity index (χ0v) is 10.2. The van der Waals surface area contributed by atoms with Gasteiger partial charge in [-0.15, -0.1) is 0 Å². The molecule has 0 radical (unpaired) electrons. The van der Waals surface area contributed by atoms with Crippen molar-refractivity contribution in [1.29, 1.82) is 0 Å². The molecule has 0 aliphatic carbocycles. The van der Waals surface area contributed by atoms with Crippen LogP contribution in [0.2, 0.25) is 0 Å². The van der Waals surface area contributed by atoms with E-state index in [2.05, 4.69) is 18.7 Å². The van der Waals surface area contributed by atoms with Crippen LogP contribution in [0.5, 0.6) is 0 Å². The topological polar surface area (TPSA) is 49.8 Å². The molecule has 0 saturated heterocycles. The maximum absolute atomic E-state index is 10.5. The lowest BCUT2D eigenvalue weighted by molar-refractivity contribution is -0.137. The summed E-state index contributed by atoms with van der Waals surface area (Å²) in [6.07, 6.45) is 0.195. The molecule has 0 spiro atoms. The van der Waals surface area contributed by atoms with Crippen molar-refractivity contribution in [3.63, 3.8) is 0 Å². The van der Waals surface area contributed by atoms with Crippen LogP contribution in [0.25, 0.3) is 0 Å². The molecule has 0 fully saturated rings. The molecule has 0 aliphatic rings. The molecule has 0 aromatic heterocycles. The Kier molecular flexibility index (Phi) is 7.34. The Morgan fingerprint density at radius 2 is 2.07 bits per heavy atom. The summed E-state index contributed by atoms with van der Waals surface area (Å²) < 4.78 is 5.17. The van der Waals surface area contributed by atoms with Gasteiger partial charge in [-0.3, -0.25) is 9.69 Å². The van der Waals surface area contributed by atoms with E-state index >= 15 is 0 Å². The van der Waals surface area contributed by atoms with Crippen molar-refractivity contribution in [2.45, 2.75) is 33.2 Å². The fourth-order valence-corrected chi connectivity index (χ4v) is 1.69. The Balaban J connectivity index is 4.24. The van der Waals surface area contributed by atoms with Gasteiger partial charge in [0.2, 0.25) is 0 Å². The molecule has 0 amide bonds. The van der Waals surface area contributed by atoms with Gasteiger partial charge in [-0.1, -0.05) is 20.8 Å². The summed E-state index contributed by atoms with van der Waals surface area (Å²) in [7, 11) is 1.68. The van der Waals surface area contributed by atoms with Gasteiger partial charge < -0.3 is 9.84 Å². The highest BCUT2D eigenvalue weighted by atomic mass is 16.5. The number of hydrogen-bond donors (Lipinski definition) is 1. The average Bonchev–Trinajstić information content (AvgIpc) is 2.16. The molecule has 1 unspecified atom stereocenters. The highest BCUT2D eigenvalue weighted by molar-refractivity contribution is 5.66. The molecular weight excluding hydrogens is 194 g/mol. The van der Waals surface area contributed by atoms with Gasteiger partial charge in [-0.05, 0) is 12.5 Å². The number of carboxylic acids is 1. The number of carbonyl (C=O) groups is 1. The molecule has 15 heavy (non-hydrogen) atoms. The van der Waals surface area contributed by atoms with Gasteiger partial charge >= 0.3 is 5.97 Å². The summed E-state index contributed by atoms with van der Waals surface area (Å²) in [5.74, 6) is -0.271. The molecule has 0 saturated carbocycles. The molecule has 0 aromatic carbocycles. The minimum atomic E-state index is -0.742. The van der Waals surface area contributed by atoms with Crippen molar-refractivity contribution >= 4 is 5.97 Å². The first-order valence-corrected chi connectivity index (χ1v) is 5.47. The number of ether oxygens (including phenoxy) is 1. The molecule has 0 aliphatic heterocycles. The van der Waals surface area contributed by atoms with E-state index in [1.54, 1.807) is 7.11 Å². The van der Waals surface area contributed by atoms with Gasteiger partial charge in [0.15, 0.2) is 0 Å². The van der Waals surface area contributed by atoms with E-state index in [9.17, 15) is 4.79 Å². The van der Waals surface area contributed by atoms with Gasteiger partial charge in [0.05, 0.1) is 13.0 Å². The van der Waals surface area contributed by atoms with E-state index in [1.165, 1.54) is 0 Å². The lowest BCUT2D eigenvalue weighted by atomic mass is 10.0. The first-order chi connectivity index (χ1) is 7.02. The number of hydrogen-bond acceptors (Lipinski definition) is 3. The van der Waals surface area contributed by atoms with E-state index in [-0.39, 0.29) is 6.42 Å². The third-order valence-corrected chi connectivity index (χ3v) is 2.60. The molecular formula is C11H23NO3. The number of likely N-dealkylation sites (N-methyl/N-ethyl adjacent to an activating group) is 1. The maximum Gasteiger partial charge on any atom is 0.304 e. The van der Waals surface area contributed by atoms with Crippen LogP contribution in [0, 0.1) is 5.92 Å². The van der Waals surface area contributed by atoms with Crippen molar-refractivity contribution in [1.82, 2.24) is 4.90 Å². The summed E-state index contributed by atoms with van der Waals surface area (Å²) in [5.41, 5.74) is 0. The molecule has 1 atom stereocenters. The van der Waals surface area contributed by atoms with E-state index < -0.39 is 5.97 Å². The van der Waals surface area contributed by atoms with E-state index in [1.807, 2.05) is 6.92 Å². The van der Waals surface area contributed by atoms with Crippen LogP contribution >= 0.6 is 0 Å². The summed E-state index contributed by atoms with van der Waals surface area (Å²) in [4.78, 5) is 12.7. The predicted molar refractivity (Wildman–Crippen MR) is 60.0 cm³/mol. The fourth-order valence-electron chi connectivity index (χ4n) is 1.69. The lowest BCUT2D eigenvalue weighted by Crippen LogP contribution is -2.43. The van der Waals surface area contributed by atoms with Gasteiger partial charge in [0.25, 0.3) is 0 Å². The quantitative estimate of drug-likeness (QED) is 0.668. The first kappa shape index (κ1) is 14.4. The molecule has 0 bridgehead atoms. The van der Waals surface area contributed by atoms with Gasteiger partial charge in [-0.2, -0.15) is 0 Å². The number of aliphatic carboxylic acids is 1. The maximum atomic E-state index is 10.5. The highest BCUT2D eigenvalue weighted by Crippen LogP contribution is 2.11. The van der Waals surface area contributed by atoms with Crippen LogP contribution in [0.3, 0.4) is 0 Å². The normalized spacial score (nSPS) is 13.5. The number of carboxylic acid groups (broad SMARTS) is 1. The third-order valence-electron chi connectivity index (χ3n) is 2.60. The van der Waals surface area contributed by atoms with Gasteiger partial charge in [0.1, 0.15) is 0 Å². The number of rotatable bonds is 8. The van der Waals surface area contributed by atoms with Crippen molar-refractivity contribution in [3.8, 4) is 0 Å². The van der Waals surface area contributed by atoms with E-state index in [0.29, 0.717) is 25.1 Å². The minimum absolute atomic E-state index is 0.195. The molecule has 90 valence electrons. The molecule has 0 aromatic rings. The Bertz CT molecular complexity index is 183. The van der Waals surface area contributed by atoms with Gasteiger partial charge in [-0.25, -0.2) is 0 Å². The van der Waals surface area contributed by atoms with Crippen LogP contribution in [0.4, 0.5) is 0 Å². The number of nitrogens with zero attached hydrogens (tertiary/aromatic N) is 1. The molecule has 1 N–H and O–H groups in total. The second-order valence-electron chi connectivity index (χ2n) is 4.04. The summed E-state index contributed by atoms with van der Waals surface area (Å²) >= 11 is 0. The van der Waals surface area contributed by atoms with Crippen LogP contribution in [-0.4, -0.2) is 48.8 Å². The fraction of sp³-hybridized carbons (Fsp3) is 0.909. The number of methoxy groups -OCH3 is 1. The summed E-state index contributed by atoms with van der Waals surface area (Å²) in [6.45, 7) is 8.43. The Morgan fingerprint density at radius 3 is 2.40 bits per heavy atom. The lowest BCUT2D eigenvalue weighted by Gasteiger charge is -2.32. The standard InChI is InChI=1S/C11H23NO3/c1-5-12(7-6-11(13)14)10(8-15-4)9(2)3/h9-10H,5-8H2,1-4H3,(H,13,14). The van der Waals surface area contributed by atoms with Crippen LogP contribution in [-0.2, 0) is 9.53 Å². The summed E-state index contributed by atoms with van der Waals surface area (Å²) in [6, 6.07) is 0.305.